The fourth-order valence-corrected chi connectivity index (χ4v) is 2.53. The van der Waals surface area contributed by atoms with E-state index in [-0.39, 0.29) is 12.0 Å². The average molecular weight is 264 g/mol. The first-order valence-corrected chi connectivity index (χ1v) is 6.87. The van der Waals surface area contributed by atoms with E-state index < -0.39 is 0 Å². The van der Waals surface area contributed by atoms with E-state index in [9.17, 15) is 0 Å². The van der Waals surface area contributed by atoms with Crippen LogP contribution in [0.1, 0.15) is 24.8 Å². The van der Waals surface area contributed by atoms with Gasteiger partial charge in [-0.1, -0.05) is 19.1 Å². The van der Waals surface area contributed by atoms with E-state index in [1.165, 1.54) is 0 Å². The number of likely N-dealkylation sites (tertiary alicyclic amines) is 1. The van der Waals surface area contributed by atoms with E-state index in [4.69, 9.17) is 15.2 Å². The van der Waals surface area contributed by atoms with Crippen LogP contribution in [0.15, 0.2) is 18.2 Å². The van der Waals surface area contributed by atoms with Crippen molar-refractivity contribution in [1.29, 1.82) is 0 Å². The lowest BCUT2D eigenvalue weighted by molar-refractivity contribution is 0.199. The van der Waals surface area contributed by atoms with Crippen molar-refractivity contribution in [3.63, 3.8) is 0 Å². The van der Waals surface area contributed by atoms with Crippen LogP contribution in [-0.4, -0.2) is 44.8 Å². The first kappa shape index (κ1) is 14.2. The zero-order valence-corrected chi connectivity index (χ0v) is 12.1. The predicted octanol–water partition coefficient (Wildman–Crippen LogP) is 1.84. The molecule has 0 bridgehead atoms. The van der Waals surface area contributed by atoms with Gasteiger partial charge in [-0.05, 0) is 32.0 Å². The summed E-state index contributed by atoms with van der Waals surface area (Å²) in [6.07, 6.45) is 1.32. The van der Waals surface area contributed by atoms with Gasteiger partial charge in [0.15, 0.2) is 11.5 Å². The number of nitrogens with zero attached hydrogens (tertiary/aromatic N) is 1. The molecule has 0 amide bonds. The van der Waals surface area contributed by atoms with Crippen molar-refractivity contribution in [3.8, 4) is 11.5 Å². The molecule has 1 heterocycles. The van der Waals surface area contributed by atoms with Crippen molar-refractivity contribution in [2.75, 3.05) is 33.8 Å². The van der Waals surface area contributed by atoms with Crippen LogP contribution < -0.4 is 15.2 Å². The summed E-state index contributed by atoms with van der Waals surface area (Å²) in [7, 11) is 3.81. The van der Waals surface area contributed by atoms with Gasteiger partial charge < -0.3 is 20.1 Å². The summed E-state index contributed by atoms with van der Waals surface area (Å²) in [4.78, 5) is 2.28. The van der Waals surface area contributed by atoms with Gasteiger partial charge in [-0.25, -0.2) is 0 Å². The average Bonchev–Trinajstić information content (AvgIpc) is 2.83. The second kappa shape index (κ2) is 6.26. The molecule has 0 spiro atoms. The minimum absolute atomic E-state index is 0.252. The summed E-state index contributed by atoms with van der Waals surface area (Å²) < 4.78 is 11.6. The fourth-order valence-electron chi connectivity index (χ4n) is 2.53. The molecule has 1 fully saturated rings. The summed E-state index contributed by atoms with van der Waals surface area (Å²) in [5.74, 6) is 1.93. The zero-order chi connectivity index (χ0) is 13.8. The van der Waals surface area contributed by atoms with Gasteiger partial charge in [-0.15, -0.1) is 0 Å². The van der Waals surface area contributed by atoms with E-state index in [0.717, 1.165) is 36.6 Å². The van der Waals surface area contributed by atoms with E-state index in [1.54, 1.807) is 7.11 Å². The lowest BCUT2D eigenvalue weighted by atomic mass is 10.00. The molecule has 1 aliphatic heterocycles. The Kier molecular flexibility index (Phi) is 4.66. The number of likely N-dealkylation sites (N-methyl/N-ethyl adjacent to an activating group) is 1. The SMILES string of the molecule is COc1c(OC2CCN(C)C2)cccc1C(C)CN. The van der Waals surface area contributed by atoms with Crippen molar-refractivity contribution in [2.24, 2.45) is 5.73 Å². The van der Waals surface area contributed by atoms with Gasteiger partial charge in [-0.3, -0.25) is 0 Å². The van der Waals surface area contributed by atoms with Gasteiger partial charge in [0.1, 0.15) is 6.10 Å². The quantitative estimate of drug-likeness (QED) is 0.881. The Morgan fingerprint density at radius 2 is 2.26 bits per heavy atom. The largest absolute Gasteiger partial charge is 0.493 e. The number of benzene rings is 1. The van der Waals surface area contributed by atoms with Gasteiger partial charge in [0.2, 0.25) is 0 Å². The minimum Gasteiger partial charge on any atom is -0.493 e. The molecule has 1 aromatic carbocycles. The second-order valence-electron chi connectivity index (χ2n) is 5.31. The summed E-state index contributed by atoms with van der Waals surface area (Å²) in [5, 5.41) is 0. The second-order valence-corrected chi connectivity index (χ2v) is 5.31. The highest BCUT2D eigenvalue weighted by Crippen LogP contribution is 2.36. The lowest BCUT2D eigenvalue weighted by Gasteiger charge is -2.20. The third-order valence-electron chi connectivity index (χ3n) is 3.74. The van der Waals surface area contributed by atoms with Crippen LogP contribution in [0.4, 0.5) is 0 Å². The van der Waals surface area contributed by atoms with Crippen LogP contribution in [0.2, 0.25) is 0 Å². The standard InChI is InChI=1S/C15H24N2O2/c1-11(9-16)13-5-4-6-14(15(13)18-3)19-12-7-8-17(2)10-12/h4-6,11-12H,7-10,16H2,1-3H3. The van der Waals surface area contributed by atoms with Gasteiger partial charge in [0.25, 0.3) is 0 Å². The molecule has 4 heteroatoms. The Morgan fingerprint density at radius 1 is 1.47 bits per heavy atom. The molecule has 2 atom stereocenters. The molecule has 2 unspecified atom stereocenters. The smallest absolute Gasteiger partial charge is 0.164 e. The molecular weight excluding hydrogens is 240 g/mol. The number of methoxy groups -OCH3 is 1. The molecule has 1 saturated heterocycles. The van der Waals surface area contributed by atoms with E-state index >= 15 is 0 Å². The maximum absolute atomic E-state index is 6.10. The molecule has 1 aliphatic rings. The number of para-hydroxylation sites is 1. The third-order valence-corrected chi connectivity index (χ3v) is 3.74. The van der Waals surface area contributed by atoms with Gasteiger partial charge in [0.05, 0.1) is 7.11 Å². The molecule has 0 aliphatic carbocycles. The van der Waals surface area contributed by atoms with Crippen molar-refractivity contribution in [1.82, 2.24) is 4.90 Å². The Balaban J connectivity index is 2.20. The molecule has 2 N–H and O–H groups in total. The Labute approximate surface area is 115 Å². The fraction of sp³-hybridized carbons (Fsp3) is 0.600. The van der Waals surface area contributed by atoms with Crippen LogP contribution in [0.25, 0.3) is 0 Å². The summed E-state index contributed by atoms with van der Waals surface area (Å²) in [6, 6.07) is 6.05. The van der Waals surface area contributed by atoms with E-state index in [2.05, 4.69) is 24.9 Å². The Hall–Kier alpha value is -1.26. The number of hydrogen-bond acceptors (Lipinski definition) is 4. The van der Waals surface area contributed by atoms with E-state index in [1.807, 2.05) is 12.1 Å². The minimum atomic E-state index is 0.252. The highest BCUT2D eigenvalue weighted by molar-refractivity contribution is 5.48. The molecule has 2 rings (SSSR count). The maximum Gasteiger partial charge on any atom is 0.164 e. The topological polar surface area (TPSA) is 47.7 Å². The van der Waals surface area contributed by atoms with Crippen molar-refractivity contribution in [2.45, 2.75) is 25.4 Å². The maximum atomic E-state index is 6.10. The van der Waals surface area contributed by atoms with Crippen molar-refractivity contribution in [3.05, 3.63) is 23.8 Å². The van der Waals surface area contributed by atoms with Crippen LogP contribution in [0.3, 0.4) is 0 Å². The summed E-state index contributed by atoms with van der Waals surface area (Å²) in [6.45, 7) is 4.77. The van der Waals surface area contributed by atoms with Gasteiger partial charge in [0, 0.05) is 18.7 Å². The molecular formula is C15H24N2O2. The van der Waals surface area contributed by atoms with Crippen LogP contribution in [-0.2, 0) is 0 Å². The molecule has 1 aromatic rings. The van der Waals surface area contributed by atoms with Crippen LogP contribution in [0, 0.1) is 0 Å². The molecule has 106 valence electrons. The summed E-state index contributed by atoms with van der Waals surface area (Å²) in [5.41, 5.74) is 6.88. The first-order chi connectivity index (χ1) is 9.15. The Morgan fingerprint density at radius 3 is 2.84 bits per heavy atom. The number of hydrogen-bond donors (Lipinski definition) is 1. The molecule has 19 heavy (non-hydrogen) atoms. The van der Waals surface area contributed by atoms with Crippen LogP contribution in [0.5, 0.6) is 11.5 Å². The first-order valence-electron chi connectivity index (χ1n) is 6.87. The number of rotatable bonds is 5. The predicted molar refractivity (Wildman–Crippen MR) is 77.0 cm³/mol. The third kappa shape index (κ3) is 3.19. The number of nitrogens with two attached hydrogens (primary N) is 1. The molecule has 0 aromatic heterocycles. The van der Waals surface area contributed by atoms with Crippen molar-refractivity contribution >= 4 is 0 Å². The van der Waals surface area contributed by atoms with Gasteiger partial charge >= 0.3 is 0 Å². The normalized spacial score (nSPS) is 21.4. The lowest BCUT2D eigenvalue weighted by Crippen LogP contribution is -2.22. The van der Waals surface area contributed by atoms with Crippen LogP contribution >= 0.6 is 0 Å². The van der Waals surface area contributed by atoms with Gasteiger partial charge in [-0.2, -0.15) is 0 Å². The molecule has 4 nitrogen and oxygen atoms in total. The monoisotopic (exact) mass is 264 g/mol. The number of ether oxygens (including phenoxy) is 2. The zero-order valence-electron chi connectivity index (χ0n) is 12.1. The highest BCUT2D eigenvalue weighted by Gasteiger charge is 2.23. The Bertz CT molecular complexity index is 423. The molecule has 0 saturated carbocycles. The summed E-state index contributed by atoms with van der Waals surface area (Å²) >= 11 is 0. The highest BCUT2D eigenvalue weighted by atomic mass is 16.5. The van der Waals surface area contributed by atoms with Crippen molar-refractivity contribution < 1.29 is 9.47 Å². The molecule has 0 radical (unpaired) electrons. The van der Waals surface area contributed by atoms with E-state index in [0.29, 0.717) is 6.54 Å².